The second-order valence-corrected chi connectivity index (χ2v) is 8.56. The lowest BCUT2D eigenvalue weighted by Gasteiger charge is -2.37. The van der Waals surface area contributed by atoms with E-state index in [0.29, 0.717) is 6.61 Å². The molecule has 1 spiro atoms. The van der Waals surface area contributed by atoms with E-state index in [1.165, 1.54) is 25.3 Å². The summed E-state index contributed by atoms with van der Waals surface area (Å²) in [6.07, 6.45) is 8.47. The standard InChI is InChI=1S/C22H29NO2.C4H8O2/c1-6-7-17-12-15(3)19(18(13-17)25-5)20-16(4)22(23-21(20)24)10-8-14(2)9-11-22;1-3-6-4(2)5/h6-7,12-14H,8-11H2,1-5H3,(H,23,24);3H2,1-2H3/b7-6+;. The van der Waals surface area contributed by atoms with Crippen LogP contribution in [0.5, 0.6) is 5.75 Å². The summed E-state index contributed by atoms with van der Waals surface area (Å²) in [4.78, 5) is 22.8. The van der Waals surface area contributed by atoms with Crippen molar-refractivity contribution in [3.63, 3.8) is 0 Å². The SMILES string of the molecule is C/C=C/c1cc(C)c(C2=C(C)C3(CCC(C)CC3)NC2=O)c(OC)c1.CCOC(C)=O. The van der Waals surface area contributed by atoms with Crippen molar-refractivity contribution in [2.75, 3.05) is 13.7 Å². The van der Waals surface area contributed by atoms with E-state index < -0.39 is 0 Å². The van der Waals surface area contributed by atoms with Crippen molar-refractivity contribution in [2.45, 2.75) is 72.8 Å². The number of methoxy groups -OCH3 is 1. The predicted octanol–water partition coefficient (Wildman–Crippen LogP) is 5.46. The number of esters is 1. The molecule has 5 heteroatoms. The summed E-state index contributed by atoms with van der Waals surface area (Å²) in [5.41, 5.74) is 4.97. The topological polar surface area (TPSA) is 64.6 Å². The molecule has 1 saturated carbocycles. The van der Waals surface area contributed by atoms with Gasteiger partial charge in [-0.3, -0.25) is 9.59 Å². The average molecular weight is 428 g/mol. The number of nitrogens with one attached hydrogen (secondary N) is 1. The summed E-state index contributed by atoms with van der Waals surface area (Å²) >= 11 is 0. The second kappa shape index (κ2) is 10.7. The highest BCUT2D eigenvalue weighted by molar-refractivity contribution is 6.24. The van der Waals surface area contributed by atoms with Crippen LogP contribution in [0.4, 0.5) is 0 Å². The Morgan fingerprint density at radius 1 is 1.26 bits per heavy atom. The van der Waals surface area contributed by atoms with Crippen LogP contribution in [-0.4, -0.2) is 31.1 Å². The zero-order chi connectivity index (χ0) is 23.2. The van der Waals surface area contributed by atoms with Gasteiger partial charge in [-0.25, -0.2) is 0 Å². The lowest BCUT2D eigenvalue weighted by molar-refractivity contribution is -0.140. The molecule has 0 bridgehead atoms. The van der Waals surface area contributed by atoms with E-state index in [2.05, 4.69) is 43.0 Å². The van der Waals surface area contributed by atoms with Gasteiger partial charge in [-0.2, -0.15) is 0 Å². The van der Waals surface area contributed by atoms with Crippen LogP contribution in [0.25, 0.3) is 11.6 Å². The van der Waals surface area contributed by atoms with Crippen molar-refractivity contribution < 1.29 is 19.1 Å². The zero-order valence-electron chi connectivity index (χ0n) is 20.1. The Kier molecular flexibility index (Phi) is 8.49. The van der Waals surface area contributed by atoms with Crippen molar-refractivity contribution in [2.24, 2.45) is 5.92 Å². The van der Waals surface area contributed by atoms with Gasteiger partial charge in [-0.1, -0.05) is 25.1 Å². The molecule has 31 heavy (non-hydrogen) atoms. The minimum Gasteiger partial charge on any atom is -0.496 e. The minimum absolute atomic E-state index is 0.0484. The Bertz CT molecular complexity index is 874. The Labute approximate surface area is 186 Å². The molecule has 1 aromatic carbocycles. The Morgan fingerprint density at radius 2 is 1.90 bits per heavy atom. The highest BCUT2D eigenvalue weighted by Gasteiger charge is 2.45. The monoisotopic (exact) mass is 427 g/mol. The first-order valence-corrected chi connectivity index (χ1v) is 11.2. The maximum absolute atomic E-state index is 12.9. The molecule has 0 aromatic heterocycles. The smallest absolute Gasteiger partial charge is 0.302 e. The number of ether oxygens (including phenoxy) is 2. The van der Waals surface area contributed by atoms with E-state index in [-0.39, 0.29) is 17.4 Å². The number of hydrogen-bond acceptors (Lipinski definition) is 4. The molecule has 1 N–H and O–H groups in total. The molecule has 1 amide bonds. The number of aryl methyl sites for hydroxylation is 1. The molecule has 0 atom stereocenters. The van der Waals surface area contributed by atoms with E-state index >= 15 is 0 Å². The molecule has 1 heterocycles. The number of carbonyl (C=O) groups excluding carboxylic acids is 2. The first-order valence-electron chi connectivity index (χ1n) is 11.2. The van der Waals surface area contributed by atoms with E-state index in [4.69, 9.17) is 4.74 Å². The highest BCUT2D eigenvalue weighted by Crippen LogP contribution is 2.46. The number of rotatable bonds is 4. The first-order chi connectivity index (χ1) is 14.7. The molecule has 1 fully saturated rings. The summed E-state index contributed by atoms with van der Waals surface area (Å²) in [6.45, 7) is 12.1. The van der Waals surface area contributed by atoms with Crippen molar-refractivity contribution >= 4 is 23.5 Å². The fourth-order valence-corrected chi connectivity index (χ4v) is 4.59. The molecule has 1 aliphatic heterocycles. The molecule has 0 radical (unpaired) electrons. The molecular weight excluding hydrogens is 390 g/mol. The van der Waals surface area contributed by atoms with Crippen LogP contribution in [-0.2, 0) is 14.3 Å². The van der Waals surface area contributed by atoms with E-state index in [9.17, 15) is 9.59 Å². The fraction of sp³-hybridized carbons (Fsp3) is 0.538. The van der Waals surface area contributed by atoms with Crippen LogP contribution in [0.15, 0.2) is 23.8 Å². The van der Waals surface area contributed by atoms with Crippen LogP contribution >= 0.6 is 0 Å². The van der Waals surface area contributed by atoms with Gasteiger partial charge in [0, 0.05) is 12.5 Å². The number of benzene rings is 1. The summed E-state index contributed by atoms with van der Waals surface area (Å²) in [5, 5.41) is 3.32. The van der Waals surface area contributed by atoms with Gasteiger partial charge >= 0.3 is 5.97 Å². The third-order valence-electron chi connectivity index (χ3n) is 6.30. The van der Waals surface area contributed by atoms with Crippen molar-refractivity contribution in [1.29, 1.82) is 0 Å². The third-order valence-corrected chi connectivity index (χ3v) is 6.30. The molecule has 3 rings (SSSR count). The van der Waals surface area contributed by atoms with Crippen molar-refractivity contribution in [3.8, 4) is 5.75 Å². The Hall–Kier alpha value is -2.56. The molecule has 2 aliphatic rings. The third kappa shape index (κ3) is 5.57. The fourth-order valence-electron chi connectivity index (χ4n) is 4.59. The molecular formula is C26H37NO4. The Balaban J connectivity index is 0.000000501. The summed E-state index contributed by atoms with van der Waals surface area (Å²) < 4.78 is 10.1. The number of amides is 1. The molecule has 170 valence electrons. The van der Waals surface area contributed by atoms with E-state index in [0.717, 1.165) is 46.8 Å². The number of carbonyl (C=O) groups is 2. The molecule has 1 aliphatic carbocycles. The van der Waals surface area contributed by atoms with Gasteiger partial charge in [-0.15, -0.1) is 0 Å². The van der Waals surface area contributed by atoms with Gasteiger partial charge in [0.2, 0.25) is 0 Å². The van der Waals surface area contributed by atoms with Gasteiger partial charge < -0.3 is 14.8 Å². The lowest BCUT2D eigenvalue weighted by Crippen LogP contribution is -2.46. The van der Waals surface area contributed by atoms with Gasteiger partial charge in [0.15, 0.2) is 0 Å². The zero-order valence-corrected chi connectivity index (χ0v) is 20.1. The van der Waals surface area contributed by atoms with Gasteiger partial charge in [0.1, 0.15) is 5.75 Å². The largest absolute Gasteiger partial charge is 0.496 e. The van der Waals surface area contributed by atoms with Crippen molar-refractivity contribution in [3.05, 3.63) is 40.5 Å². The van der Waals surface area contributed by atoms with Crippen LogP contribution in [0.1, 0.15) is 77.0 Å². The molecule has 0 saturated heterocycles. The summed E-state index contributed by atoms with van der Waals surface area (Å²) in [7, 11) is 1.68. The van der Waals surface area contributed by atoms with Crippen LogP contribution in [0.3, 0.4) is 0 Å². The molecule has 1 aromatic rings. The lowest BCUT2D eigenvalue weighted by atomic mass is 9.73. The maximum atomic E-state index is 12.9. The quantitative estimate of drug-likeness (QED) is 0.648. The summed E-state index contributed by atoms with van der Waals surface area (Å²) in [5.74, 6) is 1.36. The van der Waals surface area contributed by atoms with E-state index in [1.54, 1.807) is 14.0 Å². The van der Waals surface area contributed by atoms with Crippen LogP contribution in [0.2, 0.25) is 0 Å². The predicted molar refractivity (Wildman–Crippen MR) is 126 cm³/mol. The maximum Gasteiger partial charge on any atom is 0.302 e. The molecule has 5 nitrogen and oxygen atoms in total. The Morgan fingerprint density at radius 3 is 2.39 bits per heavy atom. The highest BCUT2D eigenvalue weighted by atomic mass is 16.5. The first kappa shape index (κ1) is 24.7. The normalized spacial score (nSPS) is 22.9. The van der Waals surface area contributed by atoms with Crippen molar-refractivity contribution in [1.82, 2.24) is 5.32 Å². The minimum atomic E-state index is -0.211. The van der Waals surface area contributed by atoms with Gasteiger partial charge in [0.05, 0.1) is 24.8 Å². The van der Waals surface area contributed by atoms with Crippen LogP contribution in [0, 0.1) is 12.8 Å². The molecule has 0 unspecified atom stereocenters. The summed E-state index contributed by atoms with van der Waals surface area (Å²) in [6, 6.07) is 4.14. The van der Waals surface area contributed by atoms with Gasteiger partial charge in [-0.05, 0) is 82.1 Å². The van der Waals surface area contributed by atoms with Gasteiger partial charge in [0.25, 0.3) is 5.91 Å². The number of allylic oxidation sites excluding steroid dienone is 1. The number of hydrogen-bond donors (Lipinski definition) is 1. The average Bonchev–Trinajstić information content (AvgIpc) is 2.94. The van der Waals surface area contributed by atoms with Crippen LogP contribution < -0.4 is 10.1 Å². The van der Waals surface area contributed by atoms with E-state index in [1.807, 2.05) is 19.1 Å². The second-order valence-electron chi connectivity index (χ2n) is 8.56.